The van der Waals surface area contributed by atoms with Crippen LogP contribution in [-0.2, 0) is 0 Å². The molecule has 0 radical (unpaired) electrons. The predicted octanol–water partition coefficient (Wildman–Crippen LogP) is 4.33. The van der Waals surface area contributed by atoms with Gasteiger partial charge < -0.3 is 5.32 Å². The zero-order valence-corrected chi connectivity index (χ0v) is 15.0. The first-order chi connectivity index (χ1) is 11.4. The van der Waals surface area contributed by atoms with Gasteiger partial charge in [-0.1, -0.05) is 53.0 Å². The lowest BCUT2D eigenvalue weighted by molar-refractivity contribution is 0.491. The monoisotopic (exact) mass is 398 g/mol. The number of aromatic nitrogens is 3. The van der Waals surface area contributed by atoms with E-state index >= 15 is 0 Å². The molecular formula is C15H9Cl3N4OS. The Labute approximate surface area is 155 Å². The molecule has 2 aromatic heterocycles. The normalized spacial score (nSPS) is 16.2. The molecule has 1 aliphatic heterocycles. The summed E-state index contributed by atoms with van der Waals surface area (Å²) in [6, 6.07) is 11.0. The molecule has 0 saturated heterocycles. The maximum atomic E-state index is 12.5. The fourth-order valence-electron chi connectivity index (χ4n) is 2.56. The molecule has 3 heterocycles. The third-order valence-electron chi connectivity index (χ3n) is 3.60. The Morgan fingerprint density at radius 2 is 1.96 bits per heavy atom. The van der Waals surface area contributed by atoms with Crippen molar-refractivity contribution in [3.8, 4) is 22.0 Å². The van der Waals surface area contributed by atoms with Gasteiger partial charge in [-0.3, -0.25) is 4.79 Å². The van der Waals surface area contributed by atoms with Crippen LogP contribution in [0.3, 0.4) is 0 Å². The first-order valence-electron chi connectivity index (χ1n) is 6.92. The fourth-order valence-corrected chi connectivity index (χ4v) is 3.70. The summed E-state index contributed by atoms with van der Waals surface area (Å²) in [6.07, 6.45) is -0.792. The van der Waals surface area contributed by atoms with E-state index in [0.29, 0.717) is 10.7 Å². The van der Waals surface area contributed by atoms with Gasteiger partial charge in [0.25, 0.3) is 0 Å². The van der Waals surface area contributed by atoms with E-state index in [9.17, 15) is 4.79 Å². The number of alkyl halides is 3. The minimum Gasteiger partial charge on any atom is -0.360 e. The molecule has 1 N–H and O–H groups in total. The van der Waals surface area contributed by atoms with E-state index in [4.69, 9.17) is 34.8 Å². The van der Waals surface area contributed by atoms with Crippen LogP contribution in [0.1, 0.15) is 6.17 Å². The van der Waals surface area contributed by atoms with Crippen molar-refractivity contribution in [2.24, 2.45) is 0 Å². The molecule has 0 fully saturated rings. The van der Waals surface area contributed by atoms with Gasteiger partial charge in [-0.2, -0.15) is 10.1 Å². The van der Waals surface area contributed by atoms with Crippen molar-refractivity contribution in [3.05, 3.63) is 52.1 Å². The van der Waals surface area contributed by atoms with Gasteiger partial charge >= 0.3 is 5.56 Å². The molecule has 1 aromatic carbocycles. The molecule has 4 rings (SSSR count). The third kappa shape index (κ3) is 2.59. The maximum absolute atomic E-state index is 12.5. The molecule has 24 heavy (non-hydrogen) atoms. The number of nitrogens with zero attached hydrogens (tertiary/aromatic N) is 3. The summed E-state index contributed by atoms with van der Waals surface area (Å²) in [5, 5.41) is 9.45. The number of thiophene rings is 1. The van der Waals surface area contributed by atoms with E-state index in [1.807, 2.05) is 35.7 Å². The van der Waals surface area contributed by atoms with Crippen LogP contribution >= 0.6 is 46.1 Å². The average molecular weight is 400 g/mol. The first-order valence-corrected chi connectivity index (χ1v) is 8.94. The molecule has 0 aliphatic carbocycles. The fraction of sp³-hybridized carbons (Fsp3) is 0.133. The van der Waals surface area contributed by atoms with E-state index in [2.05, 4.69) is 15.4 Å². The van der Waals surface area contributed by atoms with Crippen LogP contribution < -0.4 is 10.9 Å². The summed E-state index contributed by atoms with van der Waals surface area (Å²) >= 11 is 19.8. The van der Waals surface area contributed by atoms with E-state index in [0.717, 1.165) is 11.3 Å². The zero-order chi connectivity index (χ0) is 16.9. The molecule has 0 amide bonds. The second-order valence-electron chi connectivity index (χ2n) is 5.15. The van der Waals surface area contributed by atoms with Gasteiger partial charge in [0.15, 0.2) is 17.7 Å². The van der Waals surface area contributed by atoms with Gasteiger partial charge in [-0.15, -0.1) is 11.3 Å². The number of nitrogens with one attached hydrogen (secondary N) is 1. The van der Waals surface area contributed by atoms with E-state index in [1.165, 1.54) is 16.0 Å². The van der Waals surface area contributed by atoms with Crippen LogP contribution in [0.5, 0.6) is 0 Å². The molecule has 9 heteroatoms. The topological polar surface area (TPSA) is 59.8 Å². The first kappa shape index (κ1) is 15.9. The lowest BCUT2D eigenvalue weighted by Crippen LogP contribution is -2.38. The maximum Gasteiger partial charge on any atom is 0.300 e. The number of anilines is 1. The van der Waals surface area contributed by atoms with Crippen LogP contribution in [0, 0.1) is 0 Å². The van der Waals surface area contributed by atoms with Crippen LogP contribution in [0.25, 0.3) is 22.0 Å². The van der Waals surface area contributed by atoms with Gasteiger partial charge in [0.1, 0.15) is 0 Å². The summed E-state index contributed by atoms with van der Waals surface area (Å²) in [5.41, 5.74) is 1.27. The Hall–Kier alpha value is -1.60. The van der Waals surface area contributed by atoms with Gasteiger partial charge in [0, 0.05) is 11.3 Å². The molecule has 122 valence electrons. The number of benzene rings is 1. The van der Waals surface area contributed by atoms with Crippen LogP contribution in [-0.4, -0.2) is 18.6 Å². The number of fused-ring (bicyclic) bond motifs is 3. The Morgan fingerprint density at radius 3 is 2.67 bits per heavy atom. The third-order valence-corrected chi connectivity index (χ3v) is 5.10. The summed E-state index contributed by atoms with van der Waals surface area (Å²) in [7, 11) is 0. The SMILES string of the molecule is O=c1nc2n(nc1-c1cccs1)[C@H](C(Cl)(Cl)Cl)Nc1ccccc1-2. The molecule has 1 atom stereocenters. The van der Waals surface area contributed by atoms with Crippen molar-refractivity contribution in [2.45, 2.75) is 9.96 Å². The molecule has 3 aromatic rings. The molecule has 5 nitrogen and oxygen atoms in total. The molecule has 0 bridgehead atoms. The van der Waals surface area contributed by atoms with Crippen molar-refractivity contribution in [1.82, 2.24) is 14.8 Å². The summed E-state index contributed by atoms with van der Waals surface area (Å²) in [4.78, 5) is 17.4. The minimum atomic E-state index is -1.68. The standard InChI is InChI=1S/C15H9Cl3N4OS/c16-15(17,18)14-19-9-5-2-1-4-8(9)12-20-13(23)11(21-22(12)14)10-6-3-7-24-10/h1-7,14,19H/t14-/m1/s1. The number of halogens is 3. The Morgan fingerprint density at radius 1 is 1.17 bits per heavy atom. The van der Waals surface area contributed by atoms with Crippen molar-refractivity contribution >= 4 is 51.8 Å². The molecule has 1 aliphatic rings. The number of hydrogen-bond acceptors (Lipinski definition) is 5. The Kier molecular flexibility index (Phi) is 3.80. The Bertz CT molecular complexity index is 966. The van der Waals surface area contributed by atoms with Gasteiger partial charge in [0.05, 0.1) is 4.88 Å². The smallest absolute Gasteiger partial charge is 0.300 e. The molecular weight excluding hydrogens is 391 g/mol. The summed E-state index contributed by atoms with van der Waals surface area (Å²) in [6.45, 7) is 0. The summed E-state index contributed by atoms with van der Waals surface area (Å²) in [5.74, 6) is 0.367. The van der Waals surface area contributed by atoms with Crippen LogP contribution in [0.15, 0.2) is 46.6 Å². The van der Waals surface area contributed by atoms with E-state index < -0.39 is 15.5 Å². The summed E-state index contributed by atoms with van der Waals surface area (Å²) < 4.78 is -0.218. The average Bonchev–Trinajstić information content (AvgIpc) is 3.07. The Balaban J connectivity index is 2.00. The zero-order valence-electron chi connectivity index (χ0n) is 11.9. The van der Waals surface area contributed by atoms with Crippen LogP contribution in [0.2, 0.25) is 0 Å². The van der Waals surface area contributed by atoms with Crippen molar-refractivity contribution in [3.63, 3.8) is 0 Å². The number of rotatable bonds is 1. The lowest BCUT2D eigenvalue weighted by atomic mass is 10.1. The molecule has 0 saturated carbocycles. The second-order valence-corrected chi connectivity index (χ2v) is 8.46. The van der Waals surface area contributed by atoms with E-state index in [-0.39, 0.29) is 5.69 Å². The highest BCUT2D eigenvalue weighted by atomic mass is 35.6. The largest absolute Gasteiger partial charge is 0.360 e. The van der Waals surface area contributed by atoms with Gasteiger partial charge in [-0.05, 0) is 23.6 Å². The lowest BCUT2D eigenvalue weighted by Gasteiger charge is -2.33. The molecule has 0 unspecified atom stereocenters. The number of hydrogen-bond donors (Lipinski definition) is 1. The van der Waals surface area contributed by atoms with Gasteiger partial charge in [0.2, 0.25) is 3.79 Å². The van der Waals surface area contributed by atoms with Gasteiger partial charge in [-0.25, -0.2) is 4.68 Å². The van der Waals surface area contributed by atoms with Crippen molar-refractivity contribution < 1.29 is 0 Å². The highest BCUT2D eigenvalue weighted by Gasteiger charge is 2.40. The minimum absolute atomic E-state index is 0.231. The van der Waals surface area contributed by atoms with Crippen LogP contribution in [0.4, 0.5) is 5.69 Å². The molecule has 0 spiro atoms. The second kappa shape index (κ2) is 5.74. The van der Waals surface area contributed by atoms with Crippen molar-refractivity contribution in [1.29, 1.82) is 0 Å². The highest BCUT2D eigenvalue weighted by molar-refractivity contribution is 7.13. The quantitative estimate of drug-likeness (QED) is 0.619. The van der Waals surface area contributed by atoms with Crippen molar-refractivity contribution in [2.75, 3.05) is 5.32 Å². The highest BCUT2D eigenvalue weighted by Crippen LogP contribution is 2.44. The number of para-hydroxylation sites is 1. The van der Waals surface area contributed by atoms with E-state index in [1.54, 1.807) is 6.07 Å². The predicted molar refractivity (Wildman–Crippen MR) is 98.0 cm³/mol.